The first-order valence-electron chi connectivity index (χ1n) is 18.6. The van der Waals surface area contributed by atoms with E-state index in [1.807, 2.05) is 48.2 Å². The molecule has 12 nitrogen and oxygen atoms in total. The van der Waals surface area contributed by atoms with Gasteiger partial charge in [-0.05, 0) is 103 Å². The molecule has 3 aromatic rings. The van der Waals surface area contributed by atoms with Gasteiger partial charge in [0.2, 0.25) is 11.8 Å². The van der Waals surface area contributed by atoms with Gasteiger partial charge in [-0.1, -0.05) is 0 Å². The molecule has 5 heterocycles. The highest BCUT2D eigenvalue weighted by Crippen LogP contribution is 2.35. The maximum atomic E-state index is 13.3. The van der Waals surface area contributed by atoms with E-state index in [-0.39, 0.29) is 30.8 Å². The van der Waals surface area contributed by atoms with Gasteiger partial charge in [-0.25, -0.2) is 0 Å². The molecule has 12 heteroatoms. The fourth-order valence-corrected chi connectivity index (χ4v) is 8.51. The number of amides is 5. The van der Waals surface area contributed by atoms with Crippen molar-refractivity contribution in [2.45, 2.75) is 70.7 Å². The van der Waals surface area contributed by atoms with Crippen LogP contribution in [0.4, 0.5) is 5.69 Å². The Kier molecular flexibility index (Phi) is 9.20. The van der Waals surface area contributed by atoms with E-state index in [9.17, 15) is 29.2 Å². The van der Waals surface area contributed by atoms with E-state index in [1.54, 1.807) is 6.07 Å². The SMILES string of the molecule is Cc1cc(OC2CCN(C(=O)c3ccc(N4CCC(CN5Cc6cc7c(cc6C5)C(=O)N(C5CCC(=O)NC5=O)C7=O)CC4)cc3)CC2)ccc1C#N. The highest BCUT2D eigenvalue weighted by atomic mass is 16.5. The lowest BCUT2D eigenvalue weighted by molar-refractivity contribution is -0.136. The summed E-state index contributed by atoms with van der Waals surface area (Å²) < 4.78 is 6.16. The van der Waals surface area contributed by atoms with Crippen LogP contribution in [0, 0.1) is 24.2 Å². The number of piperidine rings is 3. The van der Waals surface area contributed by atoms with Gasteiger partial charge >= 0.3 is 0 Å². The van der Waals surface area contributed by atoms with E-state index >= 15 is 0 Å². The molecule has 272 valence electrons. The summed E-state index contributed by atoms with van der Waals surface area (Å²) in [6, 6.07) is 18.4. The van der Waals surface area contributed by atoms with E-state index in [0.29, 0.717) is 54.4 Å². The van der Waals surface area contributed by atoms with Crippen LogP contribution in [0.2, 0.25) is 0 Å². The highest BCUT2D eigenvalue weighted by molar-refractivity contribution is 6.23. The third-order valence-electron chi connectivity index (χ3n) is 11.5. The second-order valence-corrected chi connectivity index (χ2v) is 15.0. The van der Waals surface area contributed by atoms with Crippen molar-refractivity contribution in [3.8, 4) is 11.8 Å². The molecular weight excluding hydrogens is 672 g/mol. The number of ether oxygens (including phenoxy) is 1. The molecule has 0 spiro atoms. The monoisotopic (exact) mass is 714 g/mol. The van der Waals surface area contributed by atoms with Gasteiger partial charge in [0.1, 0.15) is 17.9 Å². The number of hydrogen-bond acceptors (Lipinski definition) is 9. The molecule has 0 aliphatic carbocycles. The number of carbonyl (C=O) groups excluding carboxylic acids is 5. The van der Waals surface area contributed by atoms with Gasteiger partial charge in [0.05, 0.1) is 22.8 Å². The number of imide groups is 2. The summed E-state index contributed by atoms with van der Waals surface area (Å²) in [5, 5.41) is 11.4. The predicted octanol–water partition coefficient (Wildman–Crippen LogP) is 4.18. The first-order chi connectivity index (χ1) is 25.6. The van der Waals surface area contributed by atoms with Gasteiger partial charge < -0.3 is 14.5 Å². The molecule has 5 aliphatic heterocycles. The molecule has 53 heavy (non-hydrogen) atoms. The minimum absolute atomic E-state index is 0.0366. The molecule has 0 saturated carbocycles. The van der Waals surface area contributed by atoms with Gasteiger partial charge in [-0.3, -0.25) is 39.1 Å². The minimum atomic E-state index is -0.959. The quantitative estimate of drug-likeness (QED) is 0.357. The van der Waals surface area contributed by atoms with E-state index < -0.39 is 23.8 Å². The van der Waals surface area contributed by atoms with Crippen molar-refractivity contribution < 1.29 is 28.7 Å². The molecule has 1 atom stereocenters. The van der Waals surface area contributed by atoms with Crippen LogP contribution in [0.15, 0.2) is 54.6 Å². The molecule has 8 rings (SSSR count). The van der Waals surface area contributed by atoms with Crippen molar-refractivity contribution in [1.29, 1.82) is 5.26 Å². The maximum absolute atomic E-state index is 13.3. The van der Waals surface area contributed by atoms with Gasteiger partial charge in [-0.2, -0.15) is 5.26 Å². The Bertz CT molecular complexity index is 2000. The fourth-order valence-electron chi connectivity index (χ4n) is 8.51. The summed E-state index contributed by atoms with van der Waals surface area (Å²) in [6.07, 6.45) is 3.88. The standard InChI is InChI=1S/C41H42N6O6/c1-25-18-33(7-4-28(25)21-42)53-32-12-16-46(17-13-32)39(50)27-2-5-31(6-3-27)45-14-10-26(11-15-45)22-44-23-29-19-34-35(20-30(29)24-44)41(52)47(40(34)51)36-8-9-37(48)43-38(36)49/h2-7,18-20,26,32,36H,8-17,22-24H2,1H3,(H,43,48,49). The van der Waals surface area contributed by atoms with Crippen LogP contribution in [0.5, 0.6) is 5.75 Å². The Morgan fingerprint density at radius 1 is 0.849 bits per heavy atom. The smallest absolute Gasteiger partial charge is 0.262 e. The maximum Gasteiger partial charge on any atom is 0.262 e. The predicted molar refractivity (Wildman–Crippen MR) is 194 cm³/mol. The van der Waals surface area contributed by atoms with Crippen LogP contribution in [-0.4, -0.2) is 89.1 Å². The highest BCUT2D eigenvalue weighted by Gasteiger charge is 2.45. The lowest BCUT2D eigenvalue weighted by Crippen LogP contribution is -2.54. The lowest BCUT2D eigenvalue weighted by Gasteiger charge is -2.35. The summed E-state index contributed by atoms with van der Waals surface area (Å²) in [5.74, 6) is -0.592. The average molecular weight is 715 g/mol. The summed E-state index contributed by atoms with van der Waals surface area (Å²) in [7, 11) is 0. The van der Waals surface area contributed by atoms with Crippen molar-refractivity contribution in [2.24, 2.45) is 5.92 Å². The molecule has 1 unspecified atom stereocenters. The minimum Gasteiger partial charge on any atom is -0.490 e. The molecule has 3 saturated heterocycles. The van der Waals surface area contributed by atoms with Crippen LogP contribution in [-0.2, 0) is 22.7 Å². The number of rotatable bonds is 7. The Morgan fingerprint density at radius 2 is 1.51 bits per heavy atom. The van der Waals surface area contributed by atoms with Crippen LogP contribution < -0.4 is 15.0 Å². The van der Waals surface area contributed by atoms with Crippen LogP contribution in [0.25, 0.3) is 0 Å². The summed E-state index contributed by atoms with van der Waals surface area (Å²) in [4.78, 5) is 71.6. The van der Waals surface area contributed by atoms with Gasteiger partial charge in [0, 0.05) is 76.3 Å². The second-order valence-electron chi connectivity index (χ2n) is 15.0. The number of nitriles is 1. The second kappa shape index (κ2) is 14.1. The number of likely N-dealkylation sites (tertiary alicyclic amines) is 1. The number of aryl methyl sites for hydroxylation is 1. The van der Waals surface area contributed by atoms with Crippen molar-refractivity contribution in [1.82, 2.24) is 20.0 Å². The topological polar surface area (TPSA) is 143 Å². The zero-order valence-electron chi connectivity index (χ0n) is 29.8. The number of hydrogen-bond donors (Lipinski definition) is 1. The third-order valence-corrected chi connectivity index (χ3v) is 11.5. The Labute approximate surface area is 308 Å². The van der Waals surface area contributed by atoms with E-state index in [0.717, 1.165) is 78.3 Å². The fraction of sp³-hybridized carbons (Fsp3) is 0.415. The molecular formula is C41H42N6O6. The number of nitrogens with zero attached hydrogens (tertiary/aromatic N) is 5. The van der Waals surface area contributed by atoms with Crippen LogP contribution in [0.3, 0.4) is 0 Å². The Hall–Kier alpha value is -5.54. The number of carbonyl (C=O) groups is 5. The zero-order valence-corrected chi connectivity index (χ0v) is 29.8. The van der Waals surface area contributed by atoms with E-state index in [4.69, 9.17) is 4.74 Å². The summed E-state index contributed by atoms with van der Waals surface area (Å²) in [6.45, 7) is 7.38. The Balaban J connectivity index is 0.798. The van der Waals surface area contributed by atoms with Gasteiger partial charge in [-0.15, -0.1) is 0 Å². The van der Waals surface area contributed by atoms with Gasteiger partial charge in [0.15, 0.2) is 0 Å². The summed E-state index contributed by atoms with van der Waals surface area (Å²) in [5.41, 5.74) is 6.11. The Morgan fingerprint density at radius 3 is 2.11 bits per heavy atom. The molecule has 3 aromatic carbocycles. The first-order valence-corrected chi connectivity index (χ1v) is 18.6. The average Bonchev–Trinajstić information content (AvgIpc) is 3.67. The van der Waals surface area contributed by atoms with Crippen molar-refractivity contribution in [3.05, 3.63) is 93.5 Å². The molecule has 0 bridgehead atoms. The van der Waals surface area contributed by atoms with Crippen LogP contribution >= 0.6 is 0 Å². The third kappa shape index (κ3) is 6.77. The molecule has 5 aliphatic rings. The molecule has 0 radical (unpaired) electrons. The normalized spacial score (nSPS) is 21.1. The number of anilines is 1. The molecule has 3 fully saturated rings. The lowest BCUT2D eigenvalue weighted by atomic mass is 9.95. The largest absolute Gasteiger partial charge is 0.490 e. The van der Waals surface area contributed by atoms with Crippen LogP contribution in [0.1, 0.15) is 91.9 Å². The van der Waals surface area contributed by atoms with Crippen molar-refractivity contribution in [3.63, 3.8) is 0 Å². The molecule has 5 amide bonds. The van der Waals surface area contributed by atoms with Gasteiger partial charge in [0.25, 0.3) is 17.7 Å². The summed E-state index contributed by atoms with van der Waals surface area (Å²) >= 11 is 0. The van der Waals surface area contributed by atoms with E-state index in [1.165, 1.54) is 0 Å². The van der Waals surface area contributed by atoms with Crippen molar-refractivity contribution in [2.75, 3.05) is 37.6 Å². The van der Waals surface area contributed by atoms with Crippen molar-refractivity contribution >= 4 is 35.2 Å². The molecule has 0 aromatic heterocycles. The number of fused-ring (bicyclic) bond motifs is 2. The zero-order chi connectivity index (χ0) is 36.8. The first kappa shape index (κ1) is 34.5. The van der Waals surface area contributed by atoms with E-state index in [2.05, 4.69) is 33.3 Å². The molecule has 1 N–H and O–H groups in total. The number of nitrogens with one attached hydrogen (secondary N) is 1. The number of benzene rings is 3.